The summed E-state index contributed by atoms with van der Waals surface area (Å²) in [6.07, 6.45) is 10.0. The van der Waals surface area contributed by atoms with Crippen molar-refractivity contribution in [2.24, 2.45) is 0 Å². The van der Waals surface area contributed by atoms with Crippen LogP contribution in [-0.2, 0) is 31.6 Å². The second-order valence-electron chi connectivity index (χ2n) is 7.12. The van der Waals surface area contributed by atoms with Crippen molar-refractivity contribution in [3.05, 3.63) is 84.0 Å². The first-order valence-corrected chi connectivity index (χ1v) is 11.1. The van der Waals surface area contributed by atoms with E-state index in [1.807, 2.05) is 12.2 Å². The molecule has 12 heteroatoms. The van der Waals surface area contributed by atoms with Gasteiger partial charge in [-0.25, -0.2) is 20.6 Å². The second kappa shape index (κ2) is 12.4. The molecule has 1 aliphatic carbocycles. The van der Waals surface area contributed by atoms with E-state index in [0.29, 0.717) is 12.1 Å². The monoisotopic (exact) mass is 548 g/mol. The molecule has 1 N–H and O–H groups in total. The van der Waals surface area contributed by atoms with Crippen LogP contribution in [0.25, 0.3) is 0 Å². The summed E-state index contributed by atoms with van der Waals surface area (Å²) in [5, 5.41) is 11.6. The number of rotatable bonds is 6. The summed E-state index contributed by atoms with van der Waals surface area (Å²) in [5.41, 5.74) is -7.02. The molecule has 0 radical (unpaired) electrons. The molecule has 0 fully saturated rings. The maximum atomic E-state index is 12.6. The zero-order valence-corrected chi connectivity index (χ0v) is 20.1. The van der Waals surface area contributed by atoms with Crippen LogP contribution in [0.5, 0.6) is 0 Å². The minimum atomic E-state index is -5.54. The quantitative estimate of drug-likeness (QED) is 0.333. The Balaban J connectivity index is 0.000000904. The summed E-state index contributed by atoms with van der Waals surface area (Å²) < 4.78 is 65.3. The molecule has 0 spiro atoms. The first-order chi connectivity index (χ1) is 15.9. The van der Waals surface area contributed by atoms with E-state index in [1.54, 1.807) is 18.2 Å². The fourth-order valence-corrected chi connectivity index (χ4v) is 3.24. The molecule has 1 aliphatic rings. The van der Waals surface area contributed by atoms with Crippen LogP contribution in [0.3, 0.4) is 0 Å². The molecule has 186 valence electrons. The van der Waals surface area contributed by atoms with Crippen molar-refractivity contribution in [2.75, 3.05) is 6.61 Å². The van der Waals surface area contributed by atoms with Crippen molar-refractivity contribution in [1.29, 1.82) is 5.26 Å². The topological polar surface area (TPSA) is 113 Å². The zero-order chi connectivity index (χ0) is 25.4. The van der Waals surface area contributed by atoms with Gasteiger partial charge in [-0.05, 0) is 31.2 Å². The SMILES string of the molecule is CC(C#N)(COC(=O)c1cc[cH-]c1)NC(=O)c1ccc(S(=O)(=O)C(F)(F)F)cc1.[C-]1=CC=CC1.[Fe+2]. The molecule has 1 amide bonds. The smallest absolute Gasteiger partial charge is 0.468 e. The van der Waals surface area contributed by atoms with E-state index in [1.165, 1.54) is 19.1 Å². The number of nitriles is 1. The number of esters is 1. The van der Waals surface area contributed by atoms with Crippen LogP contribution in [-0.4, -0.2) is 37.9 Å². The molecule has 0 aromatic heterocycles. The fourth-order valence-electron chi connectivity index (χ4n) is 2.48. The van der Waals surface area contributed by atoms with Gasteiger partial charge in [-0.1, -0.05) is 5.56 Å². The number of amides is 1. The Kier molecular flexibility index (Phi) is 10.6. The second-order valence-corrected chi connectivity index (χ2v) is 9.07. The molecule has 2 aromatic carbocycles. The Labute approximate surface area is 211 Å². The number of alkyl halides is 3. The minimum Gasteiger partial charge on any atom is -0.468 e. The van der Waals surface area contributed by atoms with Crippen LogP contribution < -0.4 is 5.32 Å². The molecule has 35 heavy (non-hydrogen) atoms. The van der Waals surface area contributed by atoms with Crippen LogP contribution in [0.1, 0.15) is 34.1 Å². The van der Waals surface area contributed by atoms with Crippen LogP contribution >= 0.6 is 0 Å². The van der Waals surface area contributed by atoms with Crippen molar-refractivity contribution < 1.29 is 53.0 Å². The summed E-state index contributed by atoms with van der Waals surface area (Å²) in [6.45, 7) is 0.797. The number of halogens is 3. The third-order valence-corrected chi connectivity index (χ3v) is 5.85. The summed E-state index contributed by atoms with van der Waals surface area (Å²) >= 11 is 0. The van der Waals surface area contributed by atoms with Gasteiger partial charge in [-0.2, -0.15) is 48.8 Å². The molecule has 0 heterocycles. The Morgan fingerprint density at radius 2 is 1.86 bits per heavy atom. The number of nitrogens with one attached hydrogen (secondary N) is 1. The minimum absolute atomic E-state index is 0. The number of ether oxygens (including phenoxy) is 1. The largest absolute Gasteiger partial charge is 2.00 e. The molecule has 0 bridgehead atoms. The van der Waals surface area contributed by atoms with Gasteiger partial charge in [0.15, 0.2) is 5.54 Å². The summed E-state index contributed by atoms with van der Waals surface area (Å²) in [4.78, 5) is 23.1. The van der Waals surface area contributed by atoms with Gasteiger partial charge in [0.2, 0.25) is 0 Å². The number of carbonyl (C=O) groups is 2. The van der Waals surface area contributed by atoms with Gasteiger partial charge in [0.25, 0.3) is 21.7 Å². The van der Waals surface area contributed by atoms with Gasteiger partial charge in [-0.3, -0.25) is 15.7 Å². The number of carbonyl (C=O) groups excluding carboxylic acids is 2. The first kappa shape index (κ1) is 29.8. The number of allylic oxidation sites excluding steroid dienone is 4. The van der Waals surface area contributed by atoms with Gasteiger partial charge >= 0.3 is 22.6 Å². The van der Waals surface area contributed by atoms with Crippen molar-refractivity contribution >= 4 is 21.7 Å². The maximum Gasteiger partial charge on any atom is 2.00 e. The van der Waals surface area contributed by atoms with E-state index in [4.69, 9.17) is 4.74 Å². The number of sulfone groups is 1. The Morgan fingerprint density at radius 3 is 2.29 bits per heavy atom. The van der Waals surface area contributed by atoms with Gasteiger partial charge in [-0.15, -0.1) is 6.42 Å². The average Bonchev–Trinajstić information content (AvgIpc) is 3.54. The first-order valence-electron chi connectivity index (χ1n) is 9.65. The molecule has 0 saturated heterocycles. The van der Waals surface area contributed by atoms with Gasteiger partial charge in [0.05, 0.1) is 11.0 Å². The van der Waals surface area contributed by atoms with Gasteiger partial charge < -0.3 is 10.1 Å². The van der Waals surface area contributed by atoms with Crippen LogP contribution in [0, 0.1) is 17.4 Å². The van der Waals surface area contributed by atoms with Crippen molar-refractivity contribution in [3.8, 4) is 6.07 Å². The molecular formula is C23H19F3FeN2O5S. The standard InChI is InChI=1S/C18H14F3N2O5S.C5H5.Fe/c1-17(10-22,11-28-16(25)13-4-2-3-5-13)23-15(24)12-6-8-14(9-7-12)29(26,27)18(19,20)21;1-2-4-5-3-1;/h2-9H,11H2,1H3,(H,23,24);1-3H,4H2;/q2*-1;+2. The number of hydrogen-bond acceptors (Lipinski definition) is 6. The van der Waals surface area contributed by atoms with Crippen molar-refractivity contribution in [1.82, 2.24) is 5.32 Å². The van der Waals surface area contributed by atoms with E-state index in [0.717, 1.165) is 18.6 Å². The predicted octanol–water partition coefficient (Wildman–Crippen LogP) is 3.87. The van der Waals surface area contributed by atoms with E-state index in [-0.39, 0.29) is 28.2 Å². The molecular weight excluding hydrogens is 529 g/mol. The molecule has 3 rings (SSSR count). The Bertz CT molecular complexity index is 1210. The predicted molar refractivity (Wildman–Crippen MR) is 115 cm³/mol. The molecule has 0 aliphatic heterocycles. The zero-order valence-electron chi connectivity index (χ0n) is 18.1. The Morgan fingerprint density at radius 1 is 1.20 bits per heavy atom. The van der Waals surface area contributed by atoms with Gasteiger partial charge in [0.1, 0.15) is 6.61 Å². The fraction of sp³-hybridized carbons (Fsp3) is 0.217. The third kappa shape index (κ3) is 8.17. The van der Waals surface area contributed by atoms with E-state index < -0.39 is 44.3 Å². The van der Waals surface area contributed by atoms with Crippen molar-refractivity contribution in [3.63, 3.8) is 0 Å². The maximum absolute atomic E-state index is 12.6. The number of hydrogen-bond donors (Lipinski definition) is 1. The van der Waals surface area contributed by atoms with E-state index in [2.05, 4.69) is 17.5 Å². The molecule has 1 atom stereocenters. The molecule has 0 saturated carbocycles. The summed E-state index contributed by atoms with van der Waals surface area (Å²) in [5.74, 6) is -1.57. The number of benzene rings is 1. The Hall–Kier alpha value is -3.26. The van der Waals surface area contributed by atoms with Crippen LogP contribution in [0.2, 0.25) is 0 Å². The van der Waals surface area contributed by atoms with Crippen LogP contribution in [0.15, 0.2) is 71.7 Å². The normalized spacial score (nSPS) is 13.9. The summed E-state index contributed by atoms with van der Waals surface area (Å²) in [6, 6.07) is 11.0. The molecule has 2 aromatic rings. The van der Waals surface area contributed by atoms with E-state index >= 15 is 0 Å². The molecule has 1 unspecified atom stereocenters. The molecule has 7 nitrogen and oxygen atoms in total. The van der Waals surface area contributed by atoms with Gasteiger partial charge in [0, 0.05) is 5.56 Å². The van der Waals surface area contributed by atoms with E-state index in [9.17, 15) is 36.4 Å². The summed E-state index contributed by atoms with van der Waals surface area (Å²) in [7, 11) is -5.54. The third-order valence-electron chi connectivity index (χ3n) is 4.34. The van der Waals surface area contributed by atoms with Crippen molar-refractivity contribution in [2.45, 2.75) is 29.3 Å². The van der Waals surface area contributed by atoms with Crippen LogP contribution in [0.4, 0.5) is 13.2 Å². The number of nitrogens with zero attached hydrogens (tertiary/aromatic N) is 1. The average molecular weight is 548 g/mol.